The number of ether oxygens (including phenoxy) is 1. The van der Waals surface area contributed by atoms with Gasteiger partial charge in [0.1, 0.15) is 5.69 Å². The smallest absolute Gasteiger partial charge is 0.340 e. The Bertz CT molecular complexity index is 869. The number of esters is 1. The molecule has 9 nitrogen and oxygen atoms in total. The normalized spacial score (nSPS) is 19.1. The Morgan fingerprint density at radius 1 is 1.28 bits per heavy atom. The van der Waals surface area contributed by atoms with Crippen LogP contribution in [0.5, 0.6) is 0 Å². The number of amides is 1. The molecule has 10 heteroatoms. The van der Waals surface area contributed by atoms with Crippen molar-refractivity contribution < 1.29 is 22.7 Å². The van der Waals surface area contributed by atoms with E-state index in [1.54, 1.807) is 43.3 Å². The minimum absolute atomic E-state index is 0.0508. The first-order chi connectivity index (χ1) is 13.6. The monoisotopic (exact) mass is 424 g/mol. The highest BCUT2D eigenvalue weighted by atomic mass is 32.2. The van der Waals surface area contributed by atoms with Crippen LogP contribution < -0.4 is 0 Å². The van der Waals surface area contributed by atoms with Gasteiger partial charge in [-0.1, -0.05) is 24.3 Å². The Morgan fingerprint density at radius 3 is 2.55 bits per heavy atom. The minimum Gasteiger partial charge on any atom is -0.452 e. The lowest BCUT2D eigenvalue weighted by atomic mass is 10.1. The molecule has 0 N–H and O–H groups in total. The number of carbonyl (C=O) groups excluding carboxylic acids is 2. The molecule has 2 rings (SSSR count). The fourth-order valence-electron chi connectivity index (χ4n) is 3.15. The van der Waals surface area contributed by atoms with Crippen LogP contribution in [0.2, 0.25) is 0 Å². The molecule has 0 bridgehead atoms. The molecule has 1 amide bonds. The van der Waals surface area contributed by atoms with Crippen molar-refractivity contribution in [2.75, 3.05) is 32.2 Å². The second-order valence-corrected chi connectivity index (χ2v) is 9.47. The summed E-state index contributed by atoms with van der Waals surface area (Å²) in [5.41, 5.74) is 0.531. The van der Waals surface area contributed by atoms with E-state index in [1.807, 2.05) is 13.8 Å². The molecule has 1 aliphatic heterocycles. The number of rotatable bonds is 8. The Balaban J connectivity index is 2.09. The fourth-order valence-corrected chi connectivity index (χ4v) is 4.86. The van der Waals surface area contributed by atoms with Crippen molar-refractivity contribution in [2.24, 2.45) is 10.3 Å². The van der Waals surface area contributed by atoms with Crippen LogP contribution in [0.25, 0.3) is 0 Å². The minimum atomic E-state index is -3.14. The molecule has 0 aromatic heterocycles. The molecule has 1 saturated heterocycles. The Hall–Kier alpha value is -2.49. The molecule has 0 aliphatic carbocycles. The average molecular weight is 425 g/mol. The van der Waals surface area contributed by atoms with Gasteiger partial charge in [-0.2, -0.15) is 0 Å². The first kappa shape index (κ1) is 22.8. The number of benzene rings is 1. The van der Waals surface area contributed by atoms with E-state index in [9.17, 15) is 18.0 Å². The molecule has 2 atom stereocenters. The maximum Gasteiger partial charge on any atom is 0.340 e. The standard InChI is InChI=1S/C19H28N4O5S/c1-5-14(2)23(15-10-11-29(26,27)13-15)18(24)12-28-19(25)16-8-6-7-9-17(16)20-21-22(3)4/h6-9,14-15H,5,10-13H2,1-4H3/t14-,15+/m1/s1. The molecule has 0 radical (unpaired) electrons. The molecular weight excluding hydrogens is 396 g/mol. The Morgan fingerprint density at radius 2 is 1.97 bits per heavy atom. The van der Waals surface area contributed by atoms with E-state index in [0.717, 1.165) is 0 Å². The van der Waals surface area contributed by atoms with Crippen molar-refractivity contribution in [3.8, 4) is 0 Å². The molecule has 160 valence electrons. The lowest BCUT2D eigenvalue weighted by molar-refractivity contribution is -0.138. The third kappa shape index (κ3) is 6.25. The fraction of sp³-hybridized carbons (Fsp3) is 0.579. The van der Waals surface area contributed by atoms with Gasteiger partial charge in [-0.15, -0.1) is 5.11 Å². The number of sulfone groups is 1. The SMILES string of the molecule is CC[C@@H](C)N(C(=O)COC(=O)c1ccccc1N=NN(C)C)[C@H]1CCS(=O)(=O)C1. The number of hydrogen-bond acceptors (Lipinski definition) is 7. The van der Waals surface area contributed by atoms with Gasteiger partial charge in [-0.3, -0.25) is 9.80 Å². The summed E-state index contributed by atoms with van der Waals surface area (Å²) in [6.07, 6.45) is 1.07. The molecule has 1 heterocycles. The lowest BCUT2D eigenvalue weighted by Gasteiger charge is -2.33. The largest absolute Gasteiger partial charge is 0.452 e. The summed E-state index contributed by atoms with van der Waals surface area (Å²) < 4.78 is 28.9. The zero-order valence-corrected chi connectivity index (χ0v) is 18.1. The summed E-state index contributed by atoms with van der Waals surface area (Å²) >= 11 is 0. The second kappa shape index (κ2) is 9.82. The maximum atomic E-state index is 12.8. The van der Waals surface area contributed by atoms with Gasteiger partial charge in [0.25, 0.3) is 5.91 Å². The molecule has 0 saturated carbocycles. The molecule has 1 aliphatic rings. The summed E-state index contributed by atoms with van der Waals surface area (Å²) in [4.78, 5) is 26.8. The molecule has 29 heavy (non-hydrogen) atoms. The van der Waals surface area contributed by atoms with E-state index in [1.165, 1.54) is 5.01 Å². The second-order valence-electron chi connectivity index (χ2n) is 7.25. The van der Waals surface area contributed by atoms with E-state index in [-0.39, 0.29) is 29.2 Å². The summed E-state index contributed by atoms with van der Waals surface area (Å²) in [6.45, 7) is 3.33. The van der Waals surface area contributed by atoms with Crippen LogP contribution in [0.4, 0.5) is 5.69 Å². The Labute approximate surface area is 171 Å². The van der Waals surface area contributed by atoms with Crippen molar-refractivity contribution in [1.82, 2.24) is 9.91 Å². The van der Waals surface area contributed by atoms with Crippen molar-refractivity contribution in [2.45, 2.75) is 38.8 Å². The third-order valence-corrected chi connectivity index (χ3v) is 6.49. The van der Waals surface area contributed by atoms with E-state index >= 15 is 0 Å². The highest BCUT2D eigenvalue weighted by Crippen LogP contribution is 2.23. The zero-order valence-electron chi connectivity index (χ0n) is 17.2. The molecule has 1 fully saturated rings. The predicted molar refractivity (Wildman–Crippen MR) is 109 cm³/mol. The van der Waals surface area contributed by atoms with Crippen LogP contribution in [0.15, 0.2) is 34.6 Å². The number of carbonyl (C=O) groups is 2. The molecule has 1 aromatic carbocycles. The summed E-state index contributed by atoms with van der Waals surface area (Å²) in [5.74, 6) is -1.07. The Kier molecular flexibility index (Phi) is 7.72. The number of nitrogens with zero attached hydrogens (tertiary/aromatic N) is 4. The van der Waals surface area contributed by atoms with Crippen LogP contribution in [-0.2, 0) is 19.4 Å². The van der Waals surface area contributed by atoms with Crippen LogP contribution in [0, 0.1) is 0 Å². The van der Waals surface area contributed by atoms with Crippen molar-refractivity contribution >= 4 is 27.4 Å². The average Bonchev–Trinajstić information content (AvgIpc) is 3.03. The molecule has 1 aromatic rings. The van der Waals surface area contributed by atoms with E-state index < -0.39 is 28.3 Å². The first-order valence-electron chi connectivity index (χ1n) is 9.51. The quantitative estimate of drug-likeness (QED) is 0.360. The molecule has 0 spiro atoms. The molecule has 0 unspecified atom stereocenters. The maximum absolute atomic E-state index is 12.8. The third-order valence-electron chi connectivity index (χ3n) is 4.74. The summed E-state index contributed by atoms with van der Waals surface area (Å²) in [6, 6.07) is 6.02. The van der Waals surface area contributed by atoms with E-state index in [4.69, 9.17) is 4.74 Å². The van der Waals surface area contributed by atoms with Gasteiger partial charge >= 0.3 is 5.97 Å². The van der Waals surface area contributed by atoms with Crippen LogP contribution in [0.1, 0.15) is 37.0 Å². The van der Waals surface area contributed by atoms with Gasteiger partial charge < -0.3 is 9.64 Å². The predicted octanol–water partition coefficient (Wildman–Crippen LogP) is 2.22. The summed E-state index contributed by atoms with van der Waals surface area (Å²) in [7, 11) is 0.271. The molecular formula is C19H28N4O5S. The summed E-state index contributed by atoms with van der Waals surface area (Å²) in [5, 5.41) is 9.37. The van der Waals surface area contributed by atoms with Gasteiger partial charge in [-0.25, -0.2) is 13.2 Å². The lowest BCUT2D eigenvalue weighted by Crippen LogP contribution is -2.48. The first-order valence-corrected chi connectivity index (χ1v) is 11.3. The van der Waals surface area contributed by atoms with Gasteiger partial charge in [0.05, 0.1) is 17.1 Å². The van der Waals surface area contributed by atoms with Gasteiger partial charge in [0, 0.05) is 26.2 Å². The topological polar surface area (TPSA) is 109 Å². The van der Waals surface area contributed by atoms with E-state index in [0.29, 0.717) is 18.5 Å². The highest BCUT2D eigenvalue weighted by molar-refractivity contribution is 7.91. The van der Waals surface area contributed by atoms with Crippen LogP contribution in [0.3, 0.4) is 0 Å². The van der Waals surface area contributed by atoms with Crippen molar-refractivity contribution in [1.29, 1.82) is 0 Å². The van der Waals surface area contributed by atoms with Crippen molar-refractivity contribution in [3.63, 3.8) is 0 Å². The van der Waals surface area contributed by atoms with Gasteiger partial charge in [-0.05, 0) is 31.9 Å². The zero-order chi connectivity index (χ0) is 21.6. The van der Waals surface area contributed by atoms with E-state index in [2.05, 4.69) is 10.3 Å². The highest BCUT2D eigenvalue weighted by Gasteiger charge is 2.36. The van der Waals surface area contributed by atoms with Crippen molar-refractivity contribution in [3.05, 3.63) is 29.8 Å². The number of hydrogen-bond donors (Lipinski definition) is 0. The van der Waals surface area contributed by atoms with Crippen LogP contribution in [-0.4, -0.2) is 74.5 Å². The van der Waals surface area contributed by atoms with Gasteiger partial charge in [0.15, 0.2) is 16.4 Å². The van der Waals surface area contributed by atoms with Gasteiger partial charge in [0.2, 0.25) is 0 Å². The van der Waals surface area contributed by atoms with Crippen LogP contribution >= 0.6 is 0 Å².